The maximum atomic E-state index is 6.43. The van der Waals surface area contributed by atoms with Gasteiger partial charge in [0.05, 0.1) is 0 Å². The molecule has 0 bridgehead atoms. The molecule has 3 N–H and O–H groups in total. The van der Waals surface area contributed by atoms with Crippen LogP contribution in [-0.4, -0.2) is 0 Å². The van der Waals surface area contributed by atoms with Gasteiger partial charge in [-0.05, 0) is 52.4 Å². The Labute approximate surface area is 138 Å². The molecule has 0 saturated heterocycles. The predicted octanol–water partition coefficient (Wildman–Crippen LogP) is 5.34. The highest BCUT2D eigenvalue weighted by atomic mass is 15.0. The van der Waals surface area contributed by atoms with Crippen molar-refractivity contribution in [3.8, 4) is 0 Å². The third kappa shape index (κ3) is 3.22. The van der Waals surface area contributed by atoms with Gasteiger partial charge in [0.1, 0.15) is 6.17 Å². The molecule has 0 fully saturated rings. The largest absolute Gasteiger partial charge is 0.366 e. The van der Waals surface area contributed by atoms with Gasteiger partial charge in [0.15, 0.2) is 0 Å². The van der Waals surface area contributed by atoms with Crippen LogP contribution in [0.1, 0.15) is 42.6 Å². The average molecular weight is 304 g/mol. The van der Waals surface area contributed by atoms with Crippen molar-refractivity contribution in [2.24, 2.45) is 5.73 Å². The second-order valence-electron chi connectivity index (χ2n) is 6.42. The molecule has 0 heterocycles. The Hall–Kier alpha value is -2.32. The molecule has 0 aromatic heterocycles. The molecule has 23 heavy (non-hydrogen) atoms. The number of nitrogens with one attached hydrogen (secondary N) is 1. The van der Waals surface area contributed by atoms with Crippen LogP contribution in [0.3, 0.4) is 0 Å². The molecule has 0 spiro atoms. The minimum Gasteiger partial charge on any atom is -0.366 e. The zero-order chi connectivity index (χ0) is 16.4. The molecule has 1 unspecified atom stereocenters. The number of fused-ring (bicyclic) bond motifs is 1. The molecule has 0 saturated carbocycles. The zero-order valence-corrected chi connectivity index (χ0v) is 14.0. The van der Waals surface area contributed by atoms with E-state index in [1.807, 2.05) is 0 Å². The van der Waals surface area contributed by atoms with Crippen molar-refractivity contribution in [3.63, 3.8) is 0 Å². The van der Waals surface area contributed by atoms with E-state index < -0.39 is 0 Å². The quantitative estimate of drug-likeness (QED) is 0.638. The van der Waals surface area contributed by atoms with Crippen LogP contribution in [0, 0.1) is 6.92 Å². The number of aryl methyl sites for hydroxylation is 1. The molecule has 2 nitrogen and oxygen atoms in total. The van der Waals surface area contributed by atoms with Crippen LogP contribution in [0.25, 0.3) is 10.8 Å². The summed E-state index contributed by atoms with van der Waals surface area (Å²) in [5, 5.41) is 5.85. The standard InChI is InChI=1S/C21H24N2/c1-14(2)18-12-11-17(13-15(18)3)23-21(22)20-10-6-8-16-7-4-5-9-19(16)20/h4-14,21,23H,22H2,1-3H3. The first-order chi connectivity index (χ1) is 11.1. The van der Waals surface area contributed by atoms with Gasteiger partial charge < -0.3 is 11.1 Å². The molecule has 0 aliphatic rings. The van der Waals surface area contributed by atoms with Crippen LogP contribution in [0.4, 0.5) is 5.69 Å². The van der Waals surface area contributed by atoms with Crippen LogP contribution in [0.2, 0.25) is 0 Å². The highest BCUT2D eigenvalue weighted by Crippen LogP contribution is 2.26. The van der Waals surface area contributed by atoms with Crippen LogP contribution in [0.15, 0.2) is 60.7 Å². The van der Waals surface area contributed by atoms with Gasteiger partial charge in [-0.25, -0.2) is 0 Å². The van der Waals surface area contributed by atoms with Crippen molar-refractivity contribution in [3.05, 3.63) is 77.4 Å². The number of benzene rings is 3. The van der Waals surface area contributed by atoms with E-state index in [-0.39, 0.29) is 6.17 Å². The average Bonchev–Trinajstić information content (AvgIpc) is 2.54. The summed E-state index contributed by atoms with van der Waals surface area (Å²) in [5.74, 6) is 0.538. The SMILES string of the molecule is Cc1cc(NC(N)c2cccc3ccccc23)ccc1C(C)C. The van der Waals surface area contributed by atoms with E-state index in [0.29, 0.717) is 5.92 Å². The number of rotatable bonds is 4. The normalized spacial score (nSPS) is 12.6. The smallest absolute Gasteiger partial charge is 0.101 e. The highest BCUT2D eigenvalue weighted by molar-refractivity contribution is 5.86. The van der Waals surface area contributed by atoms with Gasteiger partial charge in [0.25, 0.3) is 0 Å². The molecule has 2 heteroatoms. The summed E-state index contributed by atoms with van der Waals surface area (Å²) < 4.78 is 0. The summed E-state index contributed by atoms with van der Waals surface area (Å²) in [6.07, 6.45) is -0.231. The van der Waals surface area contributed by atoms with Gasteiger partial charge in [-0.3, -0.25) is 0 Å². The number of anilines is 1. The summed E-state index contributed by atoms with van der Waals surface area (Å²) in [6.45, 7) is 6.60. The minimum atomic E-state index is -0.231. The maximum Gasteiger partial charge on any atom is 0.101 e. The van der Waals surface area contributed by atoms with Gasteiger partial charge in [0.2, 0.25) is 0 Å². The molecule has 0 aliphatic heterocycles. The maximum absolute atomic E-state index is 6.43. The summed E-state index contributed by atoms with van der Waals surface area (Å²) in [4.78, 5) is 0. The molecular weight excluding hydrogens is 280 g/mol. The second-order valence-corrected chi connectivity index (χ2v) is 6.42. The van der Waals surface area contributed by atoms with E-state index >= 15 is 0 Å². The van der Waals surface area contributed by atoms with Crippen LogP contribution in [0.5, 0.6) is 0 Å². The molecule has 0 aliphatic carbocycles. The Morgan fingerprint density at radius 1 is 0.870 bits per heavy atom. The van der Waals surface area contributed by atoms with Gasteiger partial charge in [0, 0.05) is 5.69 Å². The van der Waals surface area contributed by atoms with E-state index in [4.69, 9.17) is 5.73 Å². The van der Waals surface area contributed by atoms with Crippen LogP contribution < -0.4 is 11.1 Å². The Bertz CT molecular complexity index is 816. The third-order valence-corrected chi connectivity index (χ3v) is 4.37. The lowest BCUT2D eigenvalue weighted by molar-refractivity contribution is 0.838. The van der Waals surface area contributed by atoms with Gasteiger partial charge >= 0.3 is 0 Å². The third-order valence-electron chi connectivity index (χ3n) is 4.37. The Morgan fingerprint density at radius 3 is 2.35 bits per heavy atom. The van der Waals surface area contributed by atoms with Crippen molar-refractivity contribution in [1.29, 1.82) is 0 Å². The highest BCUT2D eigenvalue weighted by Gasteiger charge is 2.10. The van der Waals surface area contributed by atoms with Crippen molar-refractivity contribution in [2.45, 2.75) is 32.9 Å². The lowest BCUT2D eigenvalue weighted by Crippen LogP contribution is -2.20. The topological polar surface area (TPSA) is 38.0 Å². The van der Waals surface area contributed by atoms with E-state index in [0.717, 1.165) is 11.3 Å². The van der Waals surface area contributed by atoms with E-state index in [2.05, 4.69) is 86.8 Å². The lowest BCUT2D eigenvalue weighted by atomic mass is 9.97. The zero-order valence-electron chi connectivity index (χ0n) is 14.0. The number of hydrogen-bond donors (Lipinski definition) is 2. The predicted molar refractivity (Wildman–Crippen MR) is 99.8 cm³/mol. The fourth-order valence-electron chi connectivity index (χ4n) is 3.19. The van der Waals surface area contributed by atoms with Gasteiger partial charge in [-0.15, -0.1) is 0 Å². The second kappa shape index (κ2) is 6.43. The van der Waals surface area contributed by atoms with Crippen molar-refractivity contribution in [1.82, 2.24) is 0 Å². The fraction of sp³-hybridized carbons (Fsp3) is 0.238. The summed E-state index contributed by atoms with van der Waals surface area (Å²) in [5.41, 5.74) is 11.3. The minimum absolute atomic E-state index is 0.231. The van der Waals surface area contributed by atoms with Gasteiger partial charge in [-0.2, -0.15) is 0 Å². The molecular formula is C21H24N2. The molecule has 0 radical (unpaired) electrons. The summed E-state index contributed by atoms with van der Waals surface area (Å²) >= 11 is 0. The van der Waals surface area contributed by atoms with Crippen LogP contribution in [-0.2, 0) is 0 Å². The summed E-state index contributed by atoms with van der Waals surface area (Å²) in [7, 11) is 0. The molecule has 1 atom stereocenters. The molecule has 3 aromatic rings. The first-order valence-electron chi connectivity index (χ1n) is 8.16. The van der Waals surface area contributed by atoms with E-state index in [1.165, 1.54) is 21.9 Å². The van der Waals surface area contributed by atoms with Crippen molar-refractivity contribution >= 4 is 16.5 Å². The van der Waals surface area contributed by atoms with Crippen LogP contribution >= 0.6 is 0 Å². The Morgan fingerprint density at radius 2 is 1.61 bits per heavy atom. The first kappa shape index (κ1) is 15.6. The monoisotopic (exact) mass is 304 g/mol. The number of hydrogen-bond acceptors (Lipinski definition) is 2. The first-order valence-corrected chi connectivity index (χ1v) is 8.16. The summed E-state index contributed by atoms with van der Waals surface area (Å²) in [6, 6.07) is 21.1. The molecule has 0 amide bonds. The van der Waals surface area contributed by atoms with Gasteiger partial charge in [-0.1, -0.05) is 62.4 Å². The van der Waals surface area contributed by atoms with Crippen molar-refractivity contribution in [2.75, 3.05) is 5.32 Å². The van der Waals surface area contributed by atoms with E-state index in [1.54, 1.807) is 0 Å². The van der Waals surface area contributed by atoms with E-state index in [9.17, 15) is 0 Å². The molecule has 3 rings (SSSR count). The molecule has 118 valence electrons. The lowest BCUT2D eigenvalue weighted by Gasteiger charge is -2.19. The Balaban J connectivity index is 1.89. The molecule has 3 aromatic carbocycles. The Kier molecular flexibility index (Phi) is 4.35. The fourth-order valence-corrected chi connectivity index (χ4v) is 3.19. The van der Waals surface area contributed by atoms with Crippen molar-refractivity contribution < 1.29 is 0 Å². The number of nitrogens with two attached hydrogens (primary N) is 1.